The topological polar surface area (TPSA) is 79.6 Å². The molecule has 0 aliphatic rings. The minimum atomic E-state index is -1.28. The van der Waals surface area contributed by atoms with Crippen molar-refractivity contribution in [3.8, 4) is 0 Å². The molecule has 0 bridgehead atoms. The van der Waals surface area contributed by atoms with Crippen molar-refractivity contribution in [1.82, 2.24) is 9.47 Å². The lowest BCUT2D eigenvalue weighted by atomic mass is 10.1. The van der Waals surface area contributed by atoms with E-state index in [1.807, 2.05) is 20.8 Å². The van der Waals surface area contributed by atoms with E-state index >= 15 is 0 Å². The van der Waals surface area contributed by atoms with E-state index in [4.69, 9.17) is 5.11 Å². The van der Waals surface area contributed by atoms with E-state index in [0.29, 0.717) is 12.2 Å². The predicted molar refractivity (Wildman–Crippen MR) is 84.3 cm³/mol. The number of aromatic carboxylic acids is 1. The zero-order valence-corrected chi connectivity index (χ0v) is 13.6. The number of likely N-dealkylation sites (N-methyl/N-ethyl adjacent to an activating group) is 1. The maximum Gasteiger partial charge on any atom is 0.341 e. The molecule has 0 saturated carbocycles. The summed E-state index contributed by atoms with van der Waals surface area (Å²) in [4.78, 5) is 37.2. The summed E-state index contributed by atoms with van der Waals surface area (Å²) in [5.41, 5.74) is -0.281. The van der Waals surface area contributed by atoms with Gasteiger partial charge in [-0.2, -0.15) is 0 Å². The van der Waals surface area contributed by atoms with Crippen molar-refractivity contribution in [2.75, 3.05) is 13.6 Å². The number of nitrogens with zero attached hydrogens (tertiary/aromatic N) is 2. The van der Waals surface area contributed by atoms with E-state index in [2.05, 4.69) is 0 Å². The van der Waals surface area contributed by atoms with Gasteiger partial charge in [0.15, 0.2) is 0 Å². The molecule has 0 atom stereocenters. The first-order chi connectivity index (χ1) is 10.3. The second kappa shape index (κ2) is 7.77. The molecule has 1 rings (SSSR count). The van der Waals surface area contributed by atoms with Crippen LogP contribution in [0.4, 0.5) is 0 Å². The zero-order chi connectivity index (χ0) is 16.9. The number of carboxylic acids is 1. The molecule has 6 nitrogen and oxygen atoms in total. The molecule has 0 aliphatic heterocycles. The number of carboxylic acid groups (broad SMARTS) is 1. The van der Waals surface area contributed by atoms with E-state index in [1.165, 1.54) is 10.6 Å². The van der Waals surface area contributed by atoms with Crippen LogP contribution in [0, 0.1) is 0 Å². The lowest BCUT2D eigenvalue weighted by Crippen LogP contribution is -2.37. The van der Waals surface area contributed by atoms with Crippen LogP contribution in [0.15, 0.2) is 16.9 Å². The number of unbranched alkanes of at least 4 members (excludes halogenated alkanes) is 1. The number of aromatic nitrogens is 1. The third-order valence-corrected chi connectivity index (χ3v) is 3.60. The molecule has 122 valence electrons. The van der Waals surface area contributed by atoms with E-state index in [0.717, 1.165) is 12.8 Å². The molecule has 0 aromatic carbocycles. The van der Waals surface area contributed by atoms with Crippen molar-refractivity contribution >= 4 is 11.9 Å². The van der Waals surface area contributed by atoms with Crippen molar-refractivity contribution in [3.05, 3.63) is 33.7 Å². The van der Waals surface area contributed by atoms with Gasteiger partial charge in [-0.1, -0.05) is 27.2 Å². The Morgan fingerprint density at radius 2 is 1.95 bits per heavy atom. The van der Waals surface area contributed by atoms with Gasteiger partial charge in [0, 0.05) is 19.3 Å². The molecular weight excluding hydrogens is 284 g/mol. The van der Waals surface area contributed by atoms with Gasteiger partial charge in [0.05, 0.1) is 0 Å². The van der Waals surface area contributed by atoms with Gasteiger partial charge in [0.1, 0.15) is 12.1 Å². The highest BCUT2D eigenvalue weighted by Gasteiger charge is 2.19. The van der Waals surface area contributed by atoms with E-state index in [-0.39, 0.29) is 23.9 Å². The third-order valence-electron chi connectivity index (χ3n) is 3.60. The van der Waals surface area contributed by atoms with Gasteiger partial charge in [-0.05, 0) is 24.5 Å². The van der Waals surface area contributed by atoms with Crippen molar-refractivity contribution in [2.24, 2.45) is 0 Å². The monoisotopic (exact) mass is 308 g/mol. The fourth-order valence-corrected chi connectivity index (χ4v) is 2.20. The van der Waals surface area contributed by atoms with Crippen LogP contribution in [-0.2, 0) is 11.3 Å². The average molecular weight is 308 g/mol. The molecule has 1 aromatic heterocycles. The summed E-state index contributed by atoms with van der Waals surface area (Å²) < 4.78 is 1.28. The Bertz CT molecular complexity index is 605. The van der Waals surface area contributed by atoms with Gasteiger partial charge in [-0.25, -0.2) is 4.79 Å². The fourth-order valence-electron chi connectivity index (χ4n) is 2.20. The molecule has 22 heavy (non-hydrogen) atoms. The predicted octanol–water partition coefficient (Wildman–Crippen LogP) is 1.93. The highest BCUT2D eigenvalue weighted by atomic mass is 16.4. The number of amides is 1. The molecule has 1 N–H and O–H groups in total. The zero-order valence-electron chi connectivity index (χ0n) is 13.6. The van der Waals surface area contributed by atoms with Crippen LogP contribution in [-0.4, -0.2) is 40.0 Å². The van der Waals surface area contributed by atoms with Crippen LogP contribution >= 0.6 is 0 Å². The van der Waals surface area contributed by atoms with Crippen LogP contribution in [0.3, 0.4) is 0 Å². The summed E-state index contributed by atoms with van der Waals surface area (Å²) in [5.74, 6) is -1.45. The maximum atomic E-state index is 12.3. The fraction of sp³-hybridized carbons (Fsp3) is 0.562. The third kappa shape index (κ3) is 4.19. The Balaban J connectivity index is 3.15. The van der Waals surface area contributed by atoms with E-state index in [1.54, 1.807) is 18.0 Å². The minimum absolute atomic E-state index is 0.0179. The van der Waals surface area contributed by atoms with Crippen molar-refractivity contribution in [1.29, 1.82) is 0 Å². The first kappa shape index (κ1) is 17.9. The standard InChI is InChI=1S/C16H24N2O4/c1-5-6-9-17(4)14(19)10-18-13(11(2)3)8-7-12(15(18)20)16(21)22/h7-8,11H,5-6,9-10H2,1-4H3,(H,21,22). The molecule has 1 amide bonds. The van der Waals surface area contributed by atoms with Crippen LogP contribution < -0.4 is 5.56 Å². The lowest BCUT2D eigenvalue weighted by Gasteiger charge is -2.20. The summed E-state index contributed by atoms with van der Waals surface area (Å²) >= 11 is 0. The maximum absolute atomic E-state index is 12.3. The Kier molecular flexibility index (Phi) is 6.34. The lowest BCUT2D eigenvalue weighted by molar-refractivity contribution is -0.130. The van der Waals surface area contributed by atoms with Crippen molar-refractivity contribution < 1.29 is 14.7 Å². The SMILES string of the molecule is CCCCN(C)C(=O)Cn1c(C(C)C)ccc(C(=O)O)c1=O. The normalized spacial score (nSPS) is 10.8. The molecule has 0 fully saturated rings. The molecular formula is C16H24N2O4. The van der Waals surface area contributed by atoms with Crippen molar-refractivity contribution in [2.45, 2.75) is 46.1 Å². The number of rotatable bonds is 7. The molecule has 0 unspecified atom stereocenters. The summed E-state index contributed by atoms with van der Waals surface area (Å²) in [6.07, 6.45) is 1.87. The molecule has 1 heterocycles. The highest BCUT2D eigenvalue weighted by molar-refractivity contribution is 5.87. The van der Waals surface area contributed by atoms with Crippen LogP contribution in [0.1, 0.15) is 55.6 Å². The number of hydrogen-bond donors (Lipinski definition) is 1. The minimum Gasteiger partial charge on any atom is -0.477 e. The Labute approximate surface area is 130 Å². The summed E-state index contributed by atoms with van der Waals surface area (Å²) in [5, 5.41) is 9.07. The van der Waals surface area contributed by atoms with Crippen LogP contribution in [0.2, 0.25) is 0 Å². The second-order valence-corrected chi connectivity index (χ2v) is 5.69. The molecule has 6 heteroatoms. The van der Waals surface area contributed by atoms with Gasteiger partial charge in [0.25, 0.3) is 5.56 Å². The van der Waals surface area contributed by atoms with Crippen molar-refractivity contribution in [3.63, 3.8) is 0 Å². The second-order valence-electron chi connectivity index (χ2n) is 5.69. The van der Waals surface area contributed by atoms with Crippen LogP contribution in [0.5, 0.6) is 0 Å². The largest absolute Gasteiger partial charge is 0.477 e. The van der Waals surface area contributed by atoms with Gasteiger partial charge >= 0.3 is 5.97 Å². The summed E-state index contributed by atoms with van der Waals surface area (Å²) in [6, 6.07) is 2.91. The van der Waals surface area contributed by atoms with Gasteiger partial charge in [0.2, 0.25) is 5.91 Å². The Morgan fingerprint density at radius 3 is 2.45 bits per heavy atom. The number of carbonyl (C=O) groups excluding carboxylic acids is 1. The number of pyridine rings is 1. The summed E-state index contributed by atoms with van der Waals surface area (Å²) in [7, 11) is 1.69. The smallest absolute Gasteiger partial charge is 0.341 e. The van der Waals surface area contributed by atoms with E-state index < -0.39 is 11.5 Å². The molecule has 0 aliphatic carbocycles. The quantitative estimate of drug-likeness (QED) is 0.834. The molecule has 1 aromatic rings. The number of hydrogen-bond acceptors (Lipinski definition) is 3. The Morgan fingerprint density at radius 1 is 1.32 bits per heavy atom. The Hall–Kier alpha value is -2.11. The highest BCUT2D eigenvalue weighted by Crippen LogP contribution is 2.13. The molecule has 0 spiro atoms. The van der Waals surface area contributed by atoms with Gasteiger partial charge in [-0.3, -0.25) is 9.59 Å². The van der Waals surface area contributed by atoms with Gasteiger partial charge in [-0.15, -0.1) is 0 Å². The first-order valence-corrected chi connectivity index (χ1v) is 7.50. The first-order valence-electron chi connectivity index (χ1n) is 7.50. The molecule has 0 radical (unpaired) electrons. The molecule has 0 saturated heterocycles. The summed E-state index contributed by atoms with van der Waals surface area (Å²) in [6.45, 7) is 6.33. The van der Waals surface area contributed by atoms with E-state index in [9.17, 15) is 14.4 Å². The van der Waals surface area contributed by atoms with Crippen LogP contribution in [0.25, 0.3) is 0 Å². The van der Waals surface area contributed by atoms with Gasteiger partial charge < -0.3 is 14.6 Å². The number of carbonyl (C=O) groups is 2. The average Bonchev–Trinajstić information content (AvgIpc) is 2.45.